The van der Waals surface area contributed by atoms with Crippen molar-refractivity contribution in [3.05, 3.63) is 28.2 Å². The Hall–Kier alpha value is -0.680. The minimum Gasteiger partial charge on any atom is -0.365 e. The first-order valence-electron chi connectivity index (χ1n) is 6.54. The third-order valence-electron chi connectivity index (χ3n) is 4.21. The summed E-state index contributed by atoms with van der Waals surface area (Å²) in [5.41, 5.74) is 0.468. The van der Waals surface area contributed by atoms with E-state index in [2.05, 4.69) is 35.1 Å². The molecule has 3 unspecified atom stereocenters. The van der Waals surface area contributed by atoms with E-state index in [4.69, 9.17) is 0 Å². The molecule has 1 N–H and O–H groups in total. The van der Waals surface area contributed by atoms with Crippen molar-refractivity contribution in [3.63, 3.8) is 0 Å². The number of hydrogen-bond donors (Lipinski definition) is 1. The topological polar surface area (TPSA) is 15.3 Å². The summed E-state index contributed by atoms with van der Waals surface area (Å²) < 4.78 is 27.7. The second-order valence-corrected chi connectivity index (χ2v) is 6.05. The van der Waals surface area contributed by atoms with Crippen molar-refractivity contribution in [1.29, 1.82) is 0 Å². The number of benzene rings is 1. The molecule has 1 fully saturated rings. The summed E-state index contributed by atoms with van der Waals surface area (Å²) in [6.07, 6.45) is 0.950. The largest absolute Gasteiger partial charge is 0.365 e. The van der Waals surface area contributed by atoms with Crippen molar-refractivity contribution in [3.8, 4) is 0 Å². The van der Waals surface area contributed by atoms with Crippen LogP contribution in [0.3, 0.4) is 0 Å². The summed E-state index contributed by atoms with van der Waals surface area (Å²) in [5, 5.41) is 3.30. The second kappa shape index (κ2) is 5.75. The number of anilines is 1. The number of piperidine rings is 1. The minimum atomic E-state index is -0.557. The van der Waals surface area contributed by atoms with Gasteiger partial charge in [0.05, 0.1) is 5.69 Å². The van der Waals surface area contributed by atoms with Gasteiger partial charge in [0.25, 0.3) is 0 Å². The molecule has 1 aromatic rings. The van der Waals surface area contributed by atoms with Crippen LogP contribution in [0.4, 0.5) is 14.5 Å². The van der Waals surface area contributed by atoms with Gasteiger partial charge in [0, 0.05) is 29.2 Å². The van der Waals surface area contributed by atoms with Crippen molar-refractivity contribution in [2.24, 2.45) is 5.92 Å². The molecule has 0 amide bonds. The Kier molecular flexibility index (Phi) is 4.46. The Morgan fingerprint density at radius 3 is 2.58 bits per heavy atom. The molecule has 0 aliphatic carbocycles. The van der Waals surface area contributed by atoms with Crippen molar-refractivity contribution in [1.82, 2.24) is 5.32 Å². The first-order chi connectivity index (χ1) is 8.95. The molecule has 1 aromatic carbocycles. The fourth-order valence-electron chi connectivity index (χ4n) is 2.90. The zero-order valence-electron chi connectivity index (χ0n) is 11.4. The van der Waals surface area contributed by atoms with Gasteiger partial charge in [0.1, 0.15) is 5.82 Å². The number of nitrogens with one attached hydrogen (secondary N) is 1. The van der Waals surface area contributed by atoms with Crippen LogP contribution in [0.5, 0.6) is 0 Å². The normalized spacial score (nSPS) is 27.7. The second-order valence-electron chi connectivity index (χ2n) is 5.19. The molecule has 0 aromatic heterocycles. The fraction of sp³-hybridized carbons (Fsp3) is 0.571. The van der Waals surface area contributed by atoms with Crippen LogP contribution in [0.2, 0.25) is 0 Å². The maximum atomic E-state index is 14.0. The number of halogens is 3. The molecule has 0 spiro atoms. The van der Waals surface area contributed by atoms with Gasteiger partial charge in [-0.2, -0.15) is 0 Å². The molecule has 1 saturated heterocycles. The Bertz CT molecular complexity index is 444. The van der Waals surface area contributed by atoms with Gasteiger partial charge in [-0.3, -0.25) is 0 Å². The van der Waals surface area contributed by atoms with Crippen LogP contribution >= 0.6 is 15.9 Å². The molecule has 19 heavy (non-hydrogen) atoms. The van der Waals surface area contributed by atoms with E-state index in [-0.39, 0.29) is 6.04 Å². The van der Waals surface area contributed by atoms with E-state index < -0.39 is 11.6 Å². The van der Waals surface area contributed by atoms with Crippen molar-refractivity contribution in [2.75, 3.05) is 18.5 Å². The van der Waals surface area contributed by atoms with E-state index in [1.54, 1.807) is 0 Å². The molecule has 1 aliphatic heterocycles. The lowest BCUT2D eigenvalue weighted by atomic mass is 9.86. The first kappa shape index (κ1) is 14.7. The average Bonchev–Trinajstić information content (AvgIpc) is 2.33. The van der Waals surface area contributed by atoms with Crippen LogP contribution in [0.15, 0.2) is 16.6 Å². The Morgan fingerprint density at radius 1 is 1.32 bits per heavy atom. The summed E-state index contributed by atoms with van der Waals surface area (Å²) in [7, 11) is 1.96. The molecular weight excluding hydrogens is 314 g/mol. The highest BCUT2D eigenvalue weighted by atomic mass is 79.9. The van der Waals surface area contributed by atoms with Crippen LogP contribution in [-0.2, 0) is 0 Å². The highest BCUT2D eigenvalue weighted by molar-refractivity contribution is 9.10. The van der Waals surface area contributed by atoms with Crippen LogP contribution in [0.1, 0.15) is 20.3 Å². The van der Waals surface area contributed by atoms with Gasteiger partial charge in [-0.1, -0.05) is 6.92 Å². The van der Waals surface area contributed by atoms with E-state index in [0.717, 1.165) is 19.0 Å². The molecule has 0 bridgehead atoms. The molecule has 106 valence electrons. The van der Waals surface area contributed by atoms with E-state index in [0.29, 0.717) is 22.1 Å². The van der Waals surface area contributed by atoms with Gasteiger partial charge in [0.15, 0.2) is 5.82 Å². The zero-order chi connectivity index (χ0) is 14.2. The van der Waals surface area contributed by atoms with Gasteiger partial charge >= 0.3 is 0 Å². The smallest absolute Gasteiger partial charge is 0.150 e. The fourth-order valence-corrected chi connectivity index (χ4v) is 3.53. The monoisotopic (exact) mass is 332 g/mol. The third kappa shape index (κ3) is 2.77. The van der Waals surface area contributed by atoms with E-state index >= 15 is 0 Å². The van der Waals surface area contributed by atoms with Crippen LogP contribution in [0.25, 0.3) is 0 Å². The quantitative estimate of drug-likeness (QED) is 0.890. The predicted molar refractivity (Wildman–Crippen MR) is 77.5 cm³/mol. The SMILES string of the molecule is CNC1CCN(c2c(F)cc(F)cc2Br)C(C)C1C. The molecule has 2 nitrogen and oxygen atoms in total. The first-order valence-corrected chi connectivity index (χ1v) is 7.33. The lowest BCUT2D eigenvalue weighted by molar-refractivity contribution is 0.281. The van der Waals surface area contributed by atoms with Gasteiger partial charge in [-0.15, -0.1) is 0 Å². The van der Waals surface area contributed by atoms with Crippen LogP contribution < -0.4 is 10.2 Å². The van der Waals surface area contributed by atoms with Gasteiger partial charge in [-0.25, -0.2) is 8.78 Å². The molecule has 1 aliphatic rings. The maximum Gasteiger partial charge on any atom is 0.150 e. The highest BCUT2D eigenvalue weighted by Gasteiger charge is 2.33. The van der Waals surface area contributed by atoms with Crippen molar-refractivity contribution < 1.29 is 8.78 Å². The lowest BCUT2D eigenvalue weighted by Gasteiger charge is -2.44. The summed E-state index contributed by atoms with van der Waals surface area (Å²) >= 11 is 3.28. The van der Waals surface area contributed by atoms with Gasteiger partial charge < -0.3 is 10.2 Å². The number of rotatable bonds is 2. The van der Waals surface area contributed by atoms with E-state index in [1.807, 2.05) is 11.9 Å². The maximum absolute atomic E-state index is 14.0. The number of nitrogens with zero attached hydrogens (tertiary/aromatic N) is 1. The third-order valence-corrected chi connectivity index (χ3v) is 4.81. The van der Waals surface area contributed by atoms with Crippen molar-refractivity contribution >= 4 is 21.6 Å². The molecule has 0 saturated carbocycles. The van der Waals surface area contributed by atoms with E-state index in [1.165, 1.54) is 6.07 Å². The van der Waals surface area contributed by atoms with Gasteiger partial charge in [-0.05, 0) is 48.3 Å². The molecule has 1 heterocycles. The van der Waals surface area contributed by atoms with Crippen molar-refractivity contribution in [2.45, 2.75) is 32.4 Å². The summed E-state index contributed by atoms with van der Waals surface area (Å²) in [5.74, 6) is -0.664. The summed E-state index contributed by atoms with van der Waals surface area (Å²) in [6.45, 7) is 5.01. The number of hydrogen-bond acceptors (Lipinski definition) is 2. The van der Waals surface area contributed by atoms with E-state index in [9.17, 15) is 8.78 Å². The minimum absolute atomic E-state index is 0.197. The lowest BCUT2D eigenvalue weighted by Crippen LogP contribution is -2.53. The predicted octanol–water partition coefficient (Wildman–Crippen LogP) is 3.55. The Balaban J connectivity index is 2.33. The zero-order valence-corrected chi connectivity index (χ0v) is 13.0. The molecular formula is C14H19BrF2N2. The Labute approximate surface area is 121 Å². The highest BCUT2D eigenvalue weighted by Crippen LogP contribution is 2.36. The standard InChI is InChI=1S/C14H19BrF2N2/c1-8-9(2)19(5-4-13(8)18-3)14-11(15)6-10(16)7-12(14)17/h6-9,13,18H,4-5H2,1-3H3. The summed E-state index contributed by atoms with van der Waals surface area (Å²) in [6, 6.07) is 2.90. The van der Waals surface area contributed by atoms with Crippen LogP contribution in [0, 0.1) is 17.6 Å². The van der Waals surface area contributed by atoms with Gasteiger partial charge in [0.2, 0.25) is 0 Å². The average molecular weight is 333 g/mol. The Morgan fingerprint density at radius 2 is 2.00 bits per heavy atom. The molecule has 5 heteroatoms. The summed E-state index contributed by atoms with van der Waals surface area (Å²) in [4.78, 5) is 2.03. The van der Waals surface area contributed by atoms with Crippen LogP contribution in [-0.4, -0.2) is 25.7 Å². The molecule has 2 rings (SSSR count). The molecule has 3 atom stereocenters. The molecule has 0 radical (unpaired) electrons.